The summed E-state index contributed by atoms with van der Waals surface area (Å²) in [6.07, 6.45) is 0.662. The summed E-state index contributed by atoms with van der Waals surface area (Å²) >= 11 is 1.30. The molecule has 0 saturated heterocycles. The smallest absolute Gasteiger partial charge is 0.276 e. The Morgan fingerprint density at radius 3 is 3.00 bits per heavy atom. The van der Waals surface area contributed by atoms with E-state index in [0.29, 0.717) is 34.1 Å². The zero-order chi connectivity index (χ0) is 14.0. The first-order valence-electron chi connectivity index (χ1n) is 5.68. The first-order chi connectivity index (χ1) is 9.08. The molecule has 2 aromatic rings. The molecule has 0 aromatic carbocycles. The van der Waals surface area contributed by atoms with Crippen LogP contribution in [0.2, 0.25) is 0 Å². The van der Waals surface area contributed by atoms with Crippen LogP contribution in [0.25, 0.3) is 0 Å². The number of hydrogen-bond acceptors (Lipinski definition) is 5. The van der Waals surface area contributed by atoms with Gasteiger partial charge in [0.2, 0.25) is 0 Å². The maximum absolute atomic E-state index is 12.2. The molecule has 2 heterocycles. The van der Waals surface area contributed by atoms with Gasteiger partial charge in [0.15, 0.2) is 0 Å². The van der Waals surface area contributed by atoms with Crippen molar-refractivity contribution in [1.82, 2.24) is 9.78 Å². The number of nitrogen functional groups attached to an aromatic ring is 1. The number of carbonyl (C=O) groups excluding carboxylic acids is 1. The fourth-order valence-electron chi connectivity index (χ4n) is 1.78. The van der Waals surface area contributed by atoms with Crippen LogP contribution in [0.4, 0.5) is 10.7 Å². The van der Waals surface area contributed by atoms with Gasteiger partial charge in [-0.1, -0.05) is 6.92 Å². The summed E-state index contributed by atoms with van der Waals surface area (Å²) < 4.78 is 1.46. The van der Waals surface area contributed by atoms with E-state index in [1.807, 2.05) is 13.0 Å². The van der Waals surface area contributed by atoms with Crippen molar-refractivity contribution in [3.63, 3.8) is 0 Å². The molecule has 19 heavy (non-hydrogen) atoms. The minimum absolute atomic E-state index is 0.314. The lowest BCUT2D eigenvalue weighted by atomic mass is 10.2. The van der Waals surface area contributed by atoms with Gasteiger partial charge in [-0.15, -0.1) is 11.3 Å². The minimum Gasteiger partial charge on any atom is -0.395 e. The van der Waals surface area contributed by atoms with E-state index in [0.717, 1.165) is 0 Å². The first kappa shape index (κ1) is 13.1. The highest BCUT2D eigenvalue weighted by atomic mass is 32.1. The number of nitriles is 1. The number of thiophene rings is 1. The summed E-state index contributed by atoms with van der Waals surface area (Å²) in [5.41, 5.74) is 7.74. The lowest BCUT2D eigenvalue weighted by Crippen LogP contribution is -2.17. The predicted octanol–water partition coefficient (Wildman–Crippen LogP) is 1.75. The largest absolute Gasteiger partial charge is 0.395 e. The van der Waals surface area contributed by atoms with Crippen molar-refractivity contribution in [2.75, 3.05) is 11.1 Å². The summed E-state index contributed by atoms with van der Waals surface area (Å²) in [6, 6.07) is 3.68. The summed E-state index contributed by atoms with van der Waals surface area (Å²) in [6.45, 7) is 1.92. The summed E-state index contributed by atoms with van der Waals surface area (Å²) in [4.78, 5) is 12.2. The quantitative estimate of drug-likeness (QED) is 0.891. The molecule has 0 radical (unpaired) electrons. The Labute approximate surface area is 114 Å². The maximum atomic E-state index is 12.2. The van der Waals surface area contributed by atoms with Gasteiger partial charge in [0, 0.05) is 7.05 Å². The lowest BCUT2D eigenvalue weighted by Gasteiger charge is -2.04. The molecule has 0 aliphatic rings. The molecule has 0 atom stereocenters. The molecule has 1 amide bonds. The Balaban J connectivity index is 2.31. The predicted molar refractivity (Wildman–Crippen MR) is 74.0 cm³/mol. The second-order valence-electron chi connectivity index (χ2n) is 3.92. The highest BCUT2D eigenvalue weighted by Crippen LogP contribution is 2.24. The van der Waals surface area contributed by atoms with Gasteiger partial charge in [-0.2, -0.15) is 10.4 Å². The Hall–Kier alpha value is -2.33. The van der Waals surface area contributed by atoms with Gasteiger partial charge in [-0.05, 0) is 17.9 Å². The van der Waals surface area contributed by atoms with E-state index < -0.39 is 0 Å². The molecule has 0 aliphatic heterocycles. The fourth-order valence-corrected chi connectivity index (χ4v) is 2.52. The number of nitrogens with two attached hydrogens (primary N) is 1. The van der Waals surface area contributed by atoms with Crippen molar-refractivity contribution in [3.05, 3.63) is 28.4 Å². The van der Waals surface area contributed by atoms with Crippen LogP contribution in [-0.2, 0) is 13.5 Å². The third-order valence-corrected chi connectivity index (χ3v) is 3.55. The van der Waals surface area contributed by atoms with Crippen LogP contribution >= 0.6 is 11.3 Å². The number of amides is 1. The molecule has 7 heteroatoms. The third-order valence-electron chi connectivity index (χ3n) is 2.72. The first-order valence-corrected chi connectivity index (χ1v) is 6.56. The summed E-state index contributed by atoms with van der Waals surface area (Å²) in [5.74, 6) is -0.355. The van der Waals surface area contributed by atoms with Crippen molar-refractivity contribution in [2.24, 2.45) is 7.05 Å². The zero-order valence-corrected chi connectivity index (χ0v) is 11.4. The van der Waals surface area contributed by atoms with Gasteiger partial charge in [0.1, 0.15) is 16.8 Å². The van der Waals surface area contributed by atoms with Crippen LogP contribution in [0.1, 0.15) is 28.7 Å². The van der Waals surface area contributed by atoms with E-state index in [1.165, 1.54) is 16.0 Å². The second-order valence-corrected chi connectivity index (χ2v) is 4.83. The molecule has 3 N–H and O–H groups in total. The summed E-state index contributed by atoms with van der Waals surface area (Å²) in [7, 11) is 1.67. The number of hydrogen-bond donors (Lipinski definition) is 2. The number of anilines is 2. The van der Waals surface area contributed by atoms with Crippen molar-refractivity contribution in [1.29, 1.82) is 5.26 Å². The maximum Gasteiger partial charge on any atom is 0.276 e. The van der Waals surface area contributed by atoms with Crippen molar-refractivity contribution >= 4 is 27.9 Å². The number of carbonyl (C=O) groups is 1. The SMILES string of the molecule is CCc1nn(C)c(C(=O)Nc2sccc2C#N)c1N. The molecule has 6 nitrogen and oxygen atoms in total. The van der Waals surface area contributed by atoms with Crippen LogP contribution < -0.4 is 11.1 Å². The van der Waals surface area contributed by atoms with Gasteiger partial charge in [0.25, 0.3) is 5.91 Å². The molecule has 98 valence electrons. The molecule has 0 spiro atoms. The van der Waals surface area contributed by atoms with E-state index in [9.17, 15) is 4.79 Å². The van der Waals surface area contributed by atoms with Gasteiger partial charge in [-0.3, -0.25) is 9.48 Å². The highest BCUT2D eigenvalue weighted by molar-refractivity contribution is 7.14. The summed E-state index contributed by atoms with van der Waals surface area (Å²) in [5, 5.41) is 18.1. The second kappa shape index (κ2) is 5.12. The molecule has 2 aromatic heterocycles. The van der Waals surface area contributed by atoms with Gasteiger partial charge in [0.05, 0.1) is 16.9 Å². The zero-order valence-electron chi connectivity index (χ0n) is 10.6. The fraction of sp³-hybridized carbons (Fsp3) is 0.250. The standard InChI is InChI=1S/C12H13N5OS/c1-3-8-9(14)10(17(2)16-8)11(18)15-12-7(6-13)4-5-19-12/h4-5H,3,14H2,1-2H3,(H,15,18). The van der Waals surface area contributed by atoms with Crippen LogP contribution in [0.15, 0.2) is 11.4 Å². The molecule has 2 rings (SSSR count). The molecule has 0 unspecified atom stereocenters. The van der Waals surface area contributed by atoms with E-state index in [2.05, 4.69) is 10.4 Å². The Morgan fingerprint density at radius 1 is 1.68 bits per heavy atom. The molecular formula is C12H13N5OS. The molecule has 0 saturated carbocycles. The Kier molecular flexibility index (Phi) is 3.53. The lowest BCUT2D eigenvalue weighted by molar-refractivity contribution is 0.101. The average Bonchev–Trinajstić information content (AvgIpc) is 2.93. The van der Waals surface area contributed by atoms with Crippen LogP contribution in [0.5, 0.6) is 0 Å². The van der Waals surface area contributed by atoms with Crippen molar-refractivity contribution in [3.8, 4) is 6.07 Å². The van der Waals surface area contributed by atoms with E-state index in [4.69, 9.17) is 11.0 Å². The van der Waals surface area contributed by atoms with E-state index >= 15 is 0 Å². The number of nitrogens with zero attached hydrogens (tertiary/aromatic N) is 3. The van der Waals surface area contributed by atoms with Gasteiger partial charge in [-0.25, -0.2) is 0 Å². The van der Waals surface area contributed by atoms with Crippen LogP contribution in [-0.4, -0.2) is 15.7 Å². The topological polar surface area (TPSA) is 96.7 Å². The molecular weight excluding hydrogens is 262 g/mol. The molecule has 0 aliphatic carbocycles. The Morgan fingerprint density at radius 2 is 2.42 bits per heavy atom. The number of nitrogens with one attached hydrogen (secondary N) is 1. The molecule has 0 bridgehead atoms. The van der Waals surface area contributed by atoms with Gasteiger partial charge >= 0.3 is 0 Å². The highest BCUT2D eigenvalue weighted by Gasteiger charge is 2.20. The van der Waals surface area contributed by atoms with Gasteiger partial charge < -0.3 is 11.1 Å². The number of rotatable bonds is 3. The number of aryl methyl sites for hydroxylation is 2. The minimum atomic E-state index is -0.355. The normalized spacial score (nSPS) is 10.2. The van der Waals surface area contributed by atoms with Crippen molar-refractivity contribution in [2.45, 2.75) is 13.3 Å². The van der Waals surface area contributed by atoms with Crippen LogP contribution in [0, 0.1) is 11.3 Å². The van der Waals surface area contributed by atoms with E-state index in [1.54, 1.807) is 18.5 Å². The molecule has 0 fully saturated rings. The average molecular weight is 275 g/mol. The monoisotopic (exact) mass is 275 g/mol. The number of aromatic nitrogens is 2. The van der Waals surface area contributed by atoms with Crippen LogP contribution in [0.3, 0.4) is 0 Å². The Bertz CT molecular complexity index is 664. The third kappa shape index (κ3) is 2.30. The van der Waals surface area contributed by atoms with E-state index in [-0.39, 0.29) is 5.91 Å². The van der Waals surface area contributed by atoms with Crippen molar-refractivity contribution < 1.29 is 4.79 Å².